The van der Waals surface area contributed by atoms with E-state index in [2.05, 4.69) is 32.2 Å². The van der Waals surface area contributed by atoms with E-state index in [1.807, 2.05) is 0 Å². The molecule has 1 heterocycles. The molecule has 4 heteroatoms. The van der Waals surface area contributed by atoms with E-state index in [1.165, 1.54) is 47.9 Å². The Balaban J connectivity index is 1.91. The van der Waals surface area contributed by atoms with E-state index in [1.54, 1.807) is 11.3 Å². The summed E-state index contributed by atoms with van der Waals surface area (Å²) in [6.45, 7) is 7.17. The number of aryl methyl sites for hydroxylation is 2. The highest BCUT2D eigenvalue weighted by atomic mass is 32.1. The number of ether oxygens (including phenoxy) is 1. The van der Waals surface area contributed by atoms with Crippen LogP contribution in [0.1, 0.15) is 56.6 Å². The van der Waals surface area contributed by atoms with E-state index in [-0.39, 0.29) is 0 Å². The van der Waals surface area contributed by atoms with Crippen LogP contribution in [0.15, 0.2) is 6.07 Å². The van der Waals surface area contributed by atoms with Crippen LogP contribution in [0.2, 0.25) is 0 Å². The molecule has 0 aliphatic heterocycles. The van der Waals surface area contributed by atoms with E-state index < -0.39 is 0 Å². The van der Waals surface area contributed by atoms with Crippen LogP contribution in [0.5, 0.6) is 5.75 Å². The highest BCUT2D eigenvalue weighted by molar-refractivity contribution is 7.22. The largest absolute Gasteiger partial charge is 0.491 e. The Morgan fingerprint density at radius 1 is 1.23 bits per heavy atom. The van der Waals surface area contributed by atoms with E-state index in [9.17, 15) is 0 Å². The standard InChI is InChI=1S/C18H26N2OS/c1-4-10-21-16-12(2)11-13(3)17-15(16)20-18(22-17)19-14-8-6-5-7-9-14/h11,14H,4-10H2,1-3H3,(H,19,20). The van der Waals surface area contributed by atoms with Gasteiger partial charge in [-0.25, -0.2) is 4.98 Å². The Kier molecular flexibility index (Phi) is 4.87. The first kappa shape index (κ1) is 15.6. The fraction of sp³-hybridized carbons (Fsp3) is 0.611. The summed E-state index contributed by atoms with van der Waals surface area (Å²) in [5.41, 5.74) is 3.52. The monoisotopic (exact) mass is 318 g/mol. The van der Waals surface area contributed by atoms with Gasteiger partial charge in [-0.1, -0.05) is 43.6 Å². The second-order valence-electron chi connectivity index (χ2n) is 6.36. The van der Waals surface area contributed by atoms with Crippen molar-refractivity contribution in [1.29, 1.82) is 0 Å². The number of hydrogen-bond donors (Lipinski definition) is 1. The predicted octanol–water partition coefficient (Wildman–Crippen LogP) is 5.45. The van der Waals surface area contributed by atoms with Gasteiger partial charge in [0, 0.05) is 6.04 Å². The lowest BCUT2D eigenvalue weighted by Gasteiger charge is -2.22. The van der Waals surface area contributed by atoms with Gasteiger partial charge in [0.1, 0.15) is 11.3 Å². The van der Waals surface area contributed by atoms with Crippen molar-refractivity contribution in [2.45, 2.75) is 65.3 Å². The molecule has 1 aromatic carbocycles. The van der Waals surface area contributed by atoms with Crippen LogP contribution in [-0.4, -0.2) is 17.6 Å². The first-order valence-corrected chi connectivity index (χ1v) is 9.30. The summed E-state index contributed by atoms with van der Waals surface area (Å²) in [5.74, 6) is 0.968. The molecule has 2 aromatic rings. The third-order valence-electron chi connectivity index (χ3n) is 4.37. The molecule has 0 atom stereocenters. The number of thiazole rings is 1. The van der Waals surface area contributed by atoms with Gasteiger partial charge in [0.2, 0.25) is 0 Å². The van der Waals surface area contributed by atoms with Crippen LogP contribution in [0.25, 0.3) is 10.2 Å². The minimum absolute atomic E-state index is 0.593. The number of anilines is 1. The van der Waals surface area contributed by atoms with E-state index in [0.717, 1.165) is 29.4 Å². The Labute approximate surface area is 137 Å². The van der Waals surface area contributed by atoms with Crippen molar-refractivity contribution >= 4 is 26.7 Å². The van der Waals surface area contributed by atoms with Gasteiger partial charge in [-0.05, 0) is 44.2 Å². The van der Waals surface area contributed by atoms with Crippen molar-refractivity contribution in [1.82, 2.24) is 4.98 Å². The first-order chi connectivity index (χ1) is 10.7. The number of nitrogens with one attached hydrogen (secondary N) is 1. The van der Waals surface area contributed by atoms with Gasteiger partial charge in [0.25, 0.3) is 0 Å². The summed E-state index contributed by atoms with van der Waals surface area (Å²) >= 11 is 1.77. The zero-order valence-corrected chi connectivity index (χ0v) is 14.7. The maximum Gasteiger partial charge on any atom is 0.184 e. The molecule has 1 aliphatic rings. The molecule has 3 nitrogen and oxygen atoms in total. The molecule has 0 unspecified atom stereocenters. The molecule has 0 spiro atoms. The van der Waals surface area contributed by atoms with Crippen molar-refractivity contribution < 1.29 is 4.74 Å². The van der Waals surface area contributed by atoms with Crippen molar-refractivity contribution in [3.05, 3.63) is 17.2 Å². The summed E-state index contributed by atoms with van der Waals surface area (Å²) in [5, 5.41) is 4.70. The normalized spacial score (nSPS) is 16.1. The van der Waals surface area contributed by atoms with Gasteiger partial charge in [-0.15, -0.1) is 0 Å². The van der Waals surface area contributed by atoms with Crippen LogP contribution in [0.4, 0.5) is 5.13 Å². The van der Waals surface area contributed by atoms with E-state index in [4.69, 9.17) is 9.72 Å². The number of benzene rings is 1. The van der Waals surface area contributed by atoms with Crippen LogP contribution < -0.4 is 10.1 Å². The second-order valence-corrected chi connectivity index (χ2v) is 7.36. The van der Waals surface area contributed by atoms with Crippen LogP contribution >= 0.6 is 11.3 Å². The van der Waals surface area contributed by atoms with Crippen LogP contribution in [0, 0.1) is 13.8 Å². The Morgan fingerprint density at radius 3 is 2.73 bits per heavy atom. The van der Waals surface area contributed by atoms with E-state index >= 15 is 0 Å². The number of hydrogen-bond acceptors (Lipinski definition) is 4. The Morgan fingerprint density at radius 2 is 2.00 bits per heavy atom. The molecule has 1 fully saturated rings. The molecule has 0 saturated heterocycles. The summed E-state index contributed by atoms with van der Waals surface area (Å²) in [4.78, 5) is 4.86. The van der Waals surface area contributed by atoms with Crippen molar-refractivity contribution in [3.8, 4) is 5.75 Å². The lowest BCUT2D eigenvalue weighted by atomic mass is 9.96. The molecule has 0 amide bonds. The maximum atomic E-state index is 5.97. The lowest BCUT2D eigenvalue weighted by Crippen LogP contribution is -2.21. The number of rotatable bonds is 5. The maximum absolute atomic E-state index is 5.97. The molecule has 1 saturated carbocycles. The lowest BCUT2D eigenvalue weighted by molar-refractivity contribution is 0.318. The molecule has 1 aromatic heterocycles. The average Bonchev–Trinajstić information content (AvgIpc) is 2.92. The summed E-state index contributed by atoms with van der Waals surface area (Å²) in [6.07, 6.45) is 7.62. The third kappa shape index (κ3) is 3.22. The first-order valence-electron chi connectivity index (χ1n) is 8.49. The molecule has 1 N–H and O–H groups in total. The third-order valence-corrected chi connectivity index (χ3v) is 5.50. The average molecular weight is 318 g/mol. The van der Waals surface area contributed by atoms with Gasteiger partial charge in [0.05, 0.1) is 11.3 Å². The molecule has 22 heavy (non-hydrogen) atoms. The van der Waals surface area contributed by atoms with Crippen LogP contribution in [-0.2, 0) is 0 Å². The zero-order chi connectivity index (χ0) is 15.5. The Hall–Kier alpha value is -1.29. The zero-order valence-electron chi connectivity index (χ0n) is 13.9. The molecule has 0 bridgehead atoms. The SMILES string of the molecule is CCCOc1c(C)cc(C)c2sc(NC3CCCCC3)nc12. The fourth-order valence-electron chi connectivity index (χ4n) is 3.25. The van der Waals surface area contributed by atoms with Gasteiger partial charge < -0.3 is 10.1 Å². The minimum atomic E-state index is 0.593. The Bertz CT molecular complexity index is 644. The molecule has 3 rings (SSSR count). The van der Waals surface area contributed by atoms with Gasteiger partial charge >= 0.3 is 0 Å². The summed E-state index contributed by atoms with van der Waals surface area (Å²) in [6, 6.07) is 2.81. The summed E-state index contributed by atoms with van der Waals surface area (Å²) in [7, 11) is 0. The molecular weight excluding hydrogens is 292 g/mol. The van der Waals surface area contributed by atoms with Crippen molar-refractivity contribution in [2.24, 2.45) is 0 Å². The molecule has 120 valence electrons. The van der Waals surface area contributed by atoms with Gasteiger partial charge in [-0.2, -0.15) is 0 Å². The fourth-order valence-corrected chi connectivity index (χ4v) is 4.26. The summed E-state index contributed by atoms with van der Waals surface area (Å²) < 4.78 is 7.23. The van der Waals surface area contributed by atoms with Gasteiger partial charge in [0.15, 0.2) is 5.13 Å². The topological polar surface area (TPSA) is 34.1 Å². The van der Waals surface area contributed by atoms with Crippen molar-refractivity contribution in [2.75, 3.05) is 11.9 Å². The highest BCUT2D eigenvalue weighted by Gasteiger charge is 2.18. The predicted molar refractivity (Wildman–Crippen MR) is 95.4 cm³/mol. The van der Waals surface area contributed by atoms with Gasteiger partial charge in [-0.3, -0.25) is 0 Å². The number of aromatic nitrogens is 1. The smallest absolute Gasteiger partial charge is 0.184 e. The van der Waals surface area contributed by atoms with Crippen molar-refractivity contribution in [3.63, 3.8) is 0 Å². The molecular formula is C18H26N2OS. The molecule has 1 aliphatic carbocycles. The molecule has 0 radical (unpaired) electrons. The number of nitrogens with zero attached hydrogens (tertiary/aromatic N) is 1. The highest BCUT2D eigenvalue weighted by Crippen LogP contribution is 2.38. The number of fused-ring (bicyclic) bond motifs is 1. The second kappa shape index (κ2) is 6.86. The van der Waals surface area contributed by atoms with Crippen LogP contribution in [0.3, 0.4) is 0 Å². The van der Waals surface area contributed by atoms with E-state index in [0.29, 0.717) is 6.04 Å². The quantitative estimate of drug-likeness (QED) is 0.796. The minimum Gasteiger partial charge on any atom is -0.491 e.